The molecule has 0 spiro atoms. The molecule has 8 nitrogen and oxygen atoms in total. The van der Waals surface area contributed by atoms with Gasteiger partial charge in [-0.1, -0.05) is 0 Å². The maximum absolute atomic E-state index is 5.62. The van der Waals surface area contributed by atoms with Gasteiger partial charge < -0.3 is 20.3 Å². The second kappa shape index (κ2) is 12.1. The Hall–Kier alpha value is -1.88. The summed E-state index contributed by atoms with van der Waals surface area (Å²) in [5.74, 6) is 1.81. The van der Waals surface area contributed by atoms with Gasteiger partial charge >= 0.3 is 0 Å². The Labute approximate surface area is 196 Å². The van der Waals surface area contributed by atoms with Crippen molar-refractivity contribution in [1.82, 2.24) is 25.4 Å². The molecule has 2 N–H and O–H groups in total. The summed E-state index contributed by atoms with van der Waals surface area (Å²) in [6, 6.07) is 6.28. The Kier molecular flexibility index (Phi) is 9.83. The van der Waals surface area contributed by atoms with E-state index in [1.54, 1.807) is 7.05 Å². The molecule has 3 heterocycles. The molecule has 9 heteroatoms. The Balaban J connectivity index is 0.00000320. The molecule has 0 aliphatic carbocycles. The summed E-state index contributed by atoms with van der Waals surface area (Å²) in [4.78, 5) is 11.1. The first kappa shape index (κ1) is 24.4. The molecule has 1 aliphatic heterocycles. The third-order valence-electron chi connectivity index (χ3n) is 5.00. The van der Waals surface area contributed by atoms with Crippen LogP contribution in [-0.2, 0) is 17.8 Å². The third kappa shape index (κ3) is 7.12. The van der Waals surface area contributed by atoms with Crippen molar-refractivity contribution < 1.29 is 4.74 Å². The van der Waals surface area contributed by atoms with Gasteiger partial charge in [0.2, 0.25) is 0 Å². The number of halogens is 1. The van der Waals surface area contributed by atoms with Gasteiger partial charge in [-0.2, -0.15) is 5.10 Å². The average Bonchev–Trinajstić information content (AvgIpc) is 3.04. The molecule has 3 rings (SSSR count). The number of guanidine groups is 1. The van der Waals surface area contributed by atoms with Crippen LogP contribution in [0.1, 0.15) is 30.3 Å². The standard InChI is InChI=1S/C21H33N7O.HI/c1-16-12-17(2)28(26-16)9-5-7-24-21(22-4)25-14-19-6-8-23-20(13-19)27-10-11-29-18(3)15-27;/h6,8,12-13,18H,5,7,9-11,14-15H2,1-4H3,(H2,22,24,25);1H. The van der Waals surface area contributed by atoms with Crippen molar-refractivity contribution in [3.05, 3.63) is 41.3 Å². The van der Waals surface area contributed by atoms with E-state index in [4.69, 9.17) is 4.74 Å². The molecular formula is C21H34IN7O. The number of aryl methyl sites for hydroxylation is 3. The Morgan fingerprint density at radius 3 is 2.83 bits per heavy atom. The third-order valence-corrected chi connectivity index (χ3v) is 5.00. The first-order valence-electron chi connectivity index (χ1n) is 10.3. The van der Waals surface area contributed by atoms with Crippen molar-refractivity contribution in [3.63, 3.8) is 0 Å². The number of nitrogens with one attached hydrogen (secondary N) is 2. The van der Waals surface area contributed by atoms with E-state index in [1.165, 1.54) is 11.3 Å². The quantitative estimate of drug-likeness (QED) is 0.250. The highest BCUT2D eigenvalue weighted by molar-refractivity contribution is 14.0. The van der Waals surface area contributed by atoms with Crippen LogP contribution in [0.5, 0.6) is 0 Å². The number of aromatic nitrogens is 3. The lowest BCUT2D eigenvalue weighted by atomic mass is 10.2. The summed E-state index contributed by atoms with van der Waals surface area (Å²) in [6.45, 7) is 11.2. The largest absolute Gasteiger partial charge is 0.375 e. The van der Waals surface area contributed by atoms with E-state index in [-0.39, 0.29) is 30.1 Å². The van der Waals surface area contributed by atoms with E-state index >= 15 is 0 Å². The molecule has 1 aliphatic rings. The lowest BCUT2D eigenvalue weighted by Gasteiger charge is -2.32. The molecule has 166 valence electrons. The fourth-order valence-corrected chi connectivity index (χ4v) is 3.51. The molecule has 0 radical (unpaired) electrons. The summed E-state index contributed by atoms with van der Waals surface area (Å²) < 4.78 is 7.68. The molecule has 1 atom stereocenters. The van der Waals surface area contributed by atoms with E-state index in [1.807, 2.05) is 19.2 Å². The summed E-state index contributed by atoms with van der Waals surface area (Å²) in [5.41, 5.74) is 3.45. The summed E-state index contributed by atoms with van der Waals surface area (Å²) in [7, 11) is 1.80. The maximum atomic E-state index is 5.62. The molecule has 0 saturated carbocycles. The normalized spacial score (nSPS) is 16.9. The predicted molar refractivity (Wildman–Crippen MR) is 132 cm³/mol. The van der Waals surface area contributed by atoms with Crippen LogP contribution in [-0.4, -0.2) is 60.1 Å². The minimum absolute atomic E-state index is 0. The zero-order valence-electron chi connectivity index (χ0n) is 18.4. The van der Waals surface area contributed by atoms with Crippen molar-refractivity contribution in [1.29, 1.82) is 0 Å². The molecular weight excluding hydrogens is 493 g/mol. The molecule has 0 aromatic carbocycles. The minimum Gasteiger partial charge on any atom is -0.375 e. The number of anilines is 1. The lowest BCUT2D eigenvalue weighted by molar-refractivity contribution is 0.0529. The van der Waals surface area contributed by atoms with Gasteiger partial charge in [-0.3, -0.25) is 9.67 Å². The second-order valence-electron chi connectivity index (χ2n) is 7.51. The van der Waals surface area contributed by atoms with Crippen LogP contribution >= 0.6 is 24.0 Å². The Morgan fingerprint density at radius 1 is 1.30 bits per heavy atom. The summed E-state index contributed by atoms with van der Waals surface area (Å²) in [6.07, 6.45) is 3.10. The van der Waals surface area contributed by atoms with Gasteiger partial charge in [0.25, 0.3) is 0 Å². The molecule has 1 saturated heterocycles. The number of hydrogen-bond acceptors (Lipinski definition) is 5. The monoisotopic (exact) mass is 527 g/mol. The van der Waals surface area contributed by atoms with E-state index in [9.17, 15) is 0 Å². The number of nitrogens with zero attached hydrogens (tertiary/aromatic N) is 5. The van der Waals surface area contributed by atoms with E-state index in [0.29, 0.717) is 6.54 Å². The number of aliphatic imine (C=N–C) groups is 1. The van der Waals surface area contributed by atoms with Crippen molar-refractivity contribution >= 4 is 35.8 Å². The van der Waals surface area contributed by atoms with Crippen molar-refractivity contribution in [2.75, 3.05) is 38.2 Å². The fourth-order valence-electron chi connectivity index (χ4n) is 3.51. The van der Waals surface area contributed by atoms with Crippen LogP contribution in [0.4, 0.5) is 5.82 Å². The van der Waals surface area contributed by atoms with Gasteiger partial charge in [0.05, 0.1) is 18.4 Å². The van der Waals surface area contributed by atoms with Crippen LogP contribution in [0.25, 0.3) is 0 Å². The maximum Gasteiger partial charge on any atom is 0.191 e. The van der Waals surface area contributed by atoms with Crippen LogP contribution in [0.2, 0.25) is 0 Å². The highest BCUT2D eigenvalue weighted by atomic mass is 127. The predicted octanol–water partition coefficient (Wildman–Crippen LogP) is 2.49. The first-order valence-corrected chi connectivity index (χ1v) is 10.3. The minimum atomic E-state index is 0. The number of ether oxygens (including phenoxy) is 1. The van der Waals surface area contributed by atoms with Crippen LogP contribution in [0.3, 0.4) is 0 Å². The molecule has 0 bridgehead atoms. The van der Waals surface area contributed by atoms with Gasteiger partial charge in [0.15, 0.2) is 5.96 Å². The molecule has 30 heavy (non-hydrogen) atoms. The van der Waals surface area contributed by atoms with E-state index in [2.05, 4.69) is 61.3 Å². The number of hydrogen-bond donors (Lipinski definition) is 2. The van der Waals surface area contributed by atoms with Gasteiger partial charge in [-0.15, -0.1) is 24.0 Å². The molecule has 2 aromatic heterocycles. The molecule has 1 fully saturated rings. The van der Waals surface area contributed by atoms with Crippen molar-refractivity contribution in [2.24, 2.45) is 4.99 Å². The number of rotatable bonds is 7. The van der Waals surface area contributed by atoms with Crippen molar-refractivity contribution in [2.45, 2.75) is 46.4 Å². The smallest absolute Gasteiger partial charge is 0.191 e. The van der Waals surface area contributed by atoms with Crippen LogP contribution < -0.4 is 15.5 Å². The lowest BCUT2D eigenvalue weighted by Crippen LogP contribution is -2.41. The Bertz CT molecular complexity index is 823. The van der Waals surface area contributed by atoms with Crippen LogP contribution in [0.15, 0.2) is 29.4 Å². The zero-order valence-corrected chi connectivity index (χ0v) is 20.7. The van der Waals surface area contributed by atoms with E-state index < -0.39 is 0 Å². The highest BCUT2D eigenvalue weighted by Crippen LogP contribution is 2.16. The Morgan fingerprint density at radius 2 is 2.13 bits per heavy atom. The van der Waals surface area contributed by atoms with Crippen molar-refractivity contribution in [3.8, 4) is 0 Å². The highest BCUT2D eigenvalue weighted by Gasteiger charge is 2.18. The SMILES string of the molecule is CN=C(NCCCn1nc(C)cc1C)NCc1ccnc(N2CCOC(C)C2)c1.I. The number of morpholine rings is 1. The average molecular weight is 527 g/mol. The van der Waals surface area contributed by atoms with Gasteiger partial charge in [-0.25, -0.2) is 4.98 Å². The van der Waals surface area contributed by atoms with Gasteiger partial charge in [0, 0.05) is 51.7 Å². The molecule has 0 amide bonds. The summed E-state index contributed by atoms with van der Waals surface area (Å²) in [5, 5.41) is 11.3. The second-order valence-corrected chi connectivity index (χ2v) is 7.51. The van der Waals surface area contributed by atoms with Crippen LogP contribution in [0, 0.1) is 13.8 Å². The zero-order chi connectivity index (χ0) is 20.6. The van der Waals surface area contributed by atoms with Gasteiger partial charge in [-0.05, 0) is 51.0 Å². The van der Waals surface area contributed by atoms with E-state index in [0.717, 1.165) is 56.7 Å². The van der Waals surface area contributed by atoms with Gasteiger partial charge in [0.1, 0.15) is 5.82 Å². The number of pyridine rings is 1. The summed E-state index contributed by atoms with van der Waals surface area (Å²) >= 11 is 0. The molecule has 1 unspecified atom stereocenters. The first-order chi connectivity index (χ1) is 14.0. The molecule has 2 aromatic rings. The topological polar surface area (TPSA) is 79.6 Å². The fraction of sp³-hybridized carbons (Fsp3) is 0.571.